The Kier molecular flexibility index (Phi) is 4.81. The molecule has 1 nitrogen and oxygen atoms in total. The standard InChI is InChI=1S/C8H14F3NS/c1-5(2)12-7(8(9,10)11)13-6(3)4/h5-6H,1-4H3. The van der Waals surface area contributed by atoms with Crippen molar-refractivity contribution in [2.75, 3.05) is 0 Å². The van der Waals surface area contributed by atoms with E-state index in [4.69, 9.17) is 0 Å². The molecule has 0 saturated heterocycles. The first-order valence-electron chi connectivity index (χ1n) is 4.05. The molecule has 0 N–H and O–H groups in total. The Morgan fingerprint density at radius 2 is 1.62 bits per heavy atom. The molecule has 13 heavy (non-hydrogen) atoms. The highest BCUT2D eigenvalue weighted by molar-refractivity contribution is 8.14. The first-order chi connectivity index (χ1) is 5.73. The summed E-state index contributed by atoms with van der Waals surface area (Å²) >= 11 is 0.760. The van der Waals surface area contributed by atoms with Crippen LogP contribution in [0.3, 0.4) is 0 Å². The minimum Gasteiger partial charge on any atom is -0.271 e. The molecule has 5 heteroatoms. The van der Waals surface area contributed by atoms with Crippen LogP contribution in [0.15, 0.2) is 4.99 Å². The fourth-order valence-electron chi connectivity index (χ4n) is 0.628. The van der Waals surface area contributed by atoms with Crippen LogP contribution in [0.2, 0.25) is 0 Å². The number of hydrogen-bond donors (Lipinski definition) is 0. The molecule has 0 spiro atoms. The monoisotopic (exact) mass is 213 g/mol. The van der Waals surface area contributed by atoms with Crippen LogP contribution in [-0.2, 0) is 0 Å². The zero-order chi connectivity index (χ0) is 10.6. The summed E-state index contributed by atoms with van der Waals surface area (Å²) in [7, 11) is 0. The Bertz CT molecular complexity index is 184. The highest BCUT2D eigenvalue weighted by Crippen LogP contribution is 2.28. The third-order valence-corrected chi connectivity index (χ3v) is 2.00. The van der Waals surface area contributed by atoms with Gasteiger partial charge < -0.3 is 0 Å². The first kappa shape index (κ1) is 12.8. The Labute approximate surface area is 80.8 Å². The molecule has 0 aliphatic heterocycles. The zero-order valence-corrected chi connectivity index (χ0v) is 8.96. The SMILES string of the molecule is CC(C)N=C(SC(C)C)C(F)(F)F. The molecule has 0 radical (unpaired) electrons. The number of hydrogen-bond acceptors (Lipinski definition) is 2. The Morgan fingerprint density at radius 1 is 1.15 bits per heavy atom. The summed E-state index contributed by atoms with van der Waals surface area (Å²) in [6.45, 7) is 6.69. The van der Waals surface area contributed by atoms with Crippen molar-refractivity contribution in [3.63, 3.8) is 0 Å². The van der Waals surface area contributed by atoms with Gasteiger partial charge in [0.25, 0.3) is 0 Å². The molecule has 0 bridgehead atoms. The van der Waals surface area contributed by atoms with Gasteiger partial charge in [0.05, 0.1) is 0 Å². The molecule has 0 aliphatic rings. The summed E-state index contributed by atoms with van der Waals surface area (Å²) in [5.41, 5.74) is 0. The third-order valence-electron chi connectivity index (χ3n) is 0.965. The van der Waals surface area contributed by atoms with Gasteiger partial charge in [-0.1, -0.05) is 25.6 Å². The van der Waals surface area contributed by atoms with E-state index in [1.54, 1.807) is 27.7 Å². The average Bonchev–Trinajstić information content (AvgIpc) is 1.81. The van der Waals surface area contributed by atoms with Gasteiger partial charge in [-0.05, 0) is 13.8 Å². The number of aliphatic imine (C=N–C) groups is 1. The van der Waals surface area contributed by atoms with E-state index in [-0.39, 0.29) is 11.3 Å². The van der Waals surface area contributed by atoms with Crippen molar-refractivity contribution in [1.29, 1.82) is 0 Å². The minimum absolute atomic E-state index is 0.0980. The van der Waals surface area contributed by atoms with E-state index in [9.17, 15) is 13.2 Å². The molecule has 0 saturated carbocycles. The number of rotatable bonds is 2. The molecule has 0 aromatic heterocycles. The summed E-state index contributed by atoms with van der Waals surface area (Å²) in [5, 5.41) is -0.823. The van der Waals surface area contributed by atoms with E-state index in [0.29, 0.717) is 0 Å². The zero-order valence-electron chi connectivity index (χ0n) is 8.14. The Balaban J connectivity index is 4.57. The maximum atomic E-state index is 12.3. The van der Waals surface area contributed by atoms with Crippen molar-refractivity contribution >= 4 is 16.8 Å². The van der Waals surface area contributed by atoms with Gasteiger partial charge >= 0.3 is 6.18 Å². The van der Waals surface area contributed by atoms with E-state index >= 15 is 0 Å². The normalized spacial score (nSPS) is 14.4. The quantitative estimate of drug-likeness (QED) is 0.505. The molecule has 0 aliphatic carbocycles. The average molecular weight is 213 g/mol. The predicted molar refractivity (Wildman–Crippen MR) is 51.4 cm³/mol. The van der Waals surface area contributed by atoms with Crippen molar-refractivity contribution in [1.82, 2.24) is 0 Å². The predicted octanol–water partition coefficient (Wildman–Crippen LogP) is 3.50. The van der Waals surface area contributed by atoms with Crippen molar-refractivity contribution in [2.45, 2.75) is 45.2 Å². The Hall–Kier alpha value is -0.190. The first-order valence-corrected chi connectivity index (χ1v) is 4.93. The van der Waals surface area contributed by atoms with Crippen molar-refractivity contribution in [3.8, 4) is 0 Å². The lowest BCUT2D eigenvalue weighted by molar-refractivity contribution is -0.0557. The van der Waals surface area contributed by atoms with Crippen LogP contribution >= 0.6 is 11.8 Å². The Morgan fingerprint density at radius 3 is 1.85 bits per heavy atom. The topological polar surface area (TPSA) is 12.4 Å². The van der Waals surface area contributed by atoms with Crippen molar-refractivity contribution in [3.05, 3.63) is 0 Å². The van der Waals surface area contributed by atoms with Gasteiger partial charge in [0.15, 0.2) is 5.04 Å². The number of thioether (sulfide) groups is 1. The van der Waals surface area contributed by atoms with E-state index in [1.165, 1.54) is 0 Å². The fraction of sp³-hybridized carbons (Fsp3) is 0.875. The van der Waals surface area contributed by atoms with Crippen LogP contribution in [0, 0.1) is 0 Å². The van der Waals surface area contributed by atoms with Crippen molar-refractivity contribution in [2.24, 2.45) is 4.99 Å². The van der Waals surface area contributed by atoms with Gasteiger partial charge in [-0.25, -0.2) is 0 Å². The van der Waals surface area contributed by atoms with Crippen molar-refractivity contribution < 1.29 is 13.2 Å². The molecule has 0 aromatic carbocycles. The summed E-state index contributed by atoms with van der Waals surface area (Å²) in [5.74, 6) is 0. The van der Waals surface area contributed by atoms with Gasteiger partial charge in [-0.2, -0.15) is 13.2 Å². The largest absolute Gasteiger partial charge is 0.439 e. The molecular formula is C8H14F3NS. The van der Waals surface area contributed by atoms with Gasteiger partial charge in [0, 0.05) is 11.3 Å². The van der Waals surface area contributed by atoms with Gasteiger partial charge in [-0.3, -0.25) is 4.99 Å². The second-order valence-electron chi connectivity index (χ2n) is 3.19. The van der Waals surface area contributed by atoms with E-state index < -0.39 is 11.2 Å². The lowest BCUT2D eigenvalue weighted by atomic mass is 10.4. The summed E-state index contributed by atoms with van der Waals surface area (Å²) in [6, 6.07) is -0.317. The third kappa shape index (κ3) is 5.96. The lowest BCUT2D eigenvalue weighted by Crippen LogP contribution is -2.22. The minimum atomic E-state index is -4.31. The van der Waals surface area contributed by atoms with Crippen LogP contribution in [0.1, 0.15) is 27.7 Å². The van der Waals surface area contributed by atoms with E-state index in [2.05, 4.69) is 4.99 Å². The number of nitrogens with zero attached hydrogens (tertiary/aromatic N) is 1. The molecule has 78 valence electrons. The highest BCUT2D eigenvalue weighted by atomic mass is 32.2. The summed E-state index contributed by atoms with van der Waals surface area (Å²) in [6.07, 6.45) is -4.31. The fourth-order valence-corrected chi connectivity index (χ4v) is 1.48. The van der Waals surface area contributed by atoms with Crippen LogP contribution in [0.4, 0.5) is 13.2 Å². The van der Waals surface area contributed by atoms with E-state index in [0.717, 1.165) is 11.8 Å². The molecule has 0 fully saturated rings. The van der Waals surface area contributed by atoms with Crippen LogP contribution < -0.4 is 0 Å². The second-order valence-corrected chi connectivity index (χ2v) is 4.76. The maximum Gasteiger partial charge on any atom is 0.439 e. The summed E-state index contributed by atoms with van der Waals surface area (Å²) in [4.78, 5) is 3.54. The summed E-state index contributed by atoms with van der Waals surface area (Å²) < 4.78 is 36.9. The van der Waals surface area contributed by atoms with Crippen LogP contribution in [0.25, 0.3) is 0 Å². The molecule has 0 atom stereocenters. The number of halogens is 3. The van der Waals surface area contributed by atoms with Crippen LogP contribution in [-0.4, -0.2) is 22.5 Å². The molecule has 0 heterocycles. The maximum absolute atomic E-state index is 12.3. The second kappa shape index (κ2) is 4.88. The van der Waals surface area contributed by atoms with Gasteiger partial charge in [0.2, 0.25) is 0 Å². The smallest absolute Gasteiger partial charge is 0.271 e. The number of alkyl halides is 3. The molecule has 0 unspecified atom stereocenters. The molecular weight excluding hydrogens is 199 g/mol. The van der Waals surface area contributed by atoms with Crippen LogP contribution in [0.5, 0.6) is 0 Å². The molecule has 0 aromatic rings. The van der Waals surface area contributed by atoms with Gasteiger partial charge in [0.1, 0.15) is 0 Å². The van der Waals surface area contributed by atoms with Gasteiger partial charge in [-0.15, -0.1) is 0 Å². The highest BCUT2D eigenvalue weighted by Gasteiger charge is 2.36. The molecule has 0 rings (SSSR count). The van der Waals surface area contributed by atoms with E-state index in [1.807, 2.05) is 0 Å². The lowest BCUT2D eigenvalue weighted by Gasteiger charge is -2.13. The molecule has 0 amide bonds.